The Labute approximate surface area is 218 Å². The third-order valence-corrected chi connectivity index (χ3v) is 7.09. The van der Waals surface area contributed by atoms with E-state index in [1.54, 1.807) is 0 Å². The molecular weight excluding hydrogens is 547 g/mol. The second-order valence-electron chi connectivity index (χ2n) is 9.04. The summed E-state index contributed by atoms with van der Waals surface area (Å²) in [7, 11) is 0. The number of nitrogens with zero attached hydrogens (tertiary/aromatic N) is 4. The fraction of sp³-hybridized carbons (Fsp3) is 0.522. The van der Waals surface area contributed by atoms with E-state index in [9.17, 15) is 31.1 Å². The molecule has 0 saturated carbocycles. The highest BCUT2D eigenvalue weighted by atomic mass is 35.5. The summed E-state index contributed by atoms with van der Waals surface area (Å²) in [6, 6.07) is 1.57. The molecule has 2 aliphatic rings. The van der Waals surface area contributed by atoms with Gasteiger partial charge in [0.2, 0.25) is 5.95 Å². The number of carbonyl (C=O) groups excluding carboxylic acids is 1. The molecule has 4 rings (SSSR count). The number of alkyl halides is 6. The van der Waals surface area contributed by atoms with Crippen molar-refractivity contribution in [3.8, 4) is 0 Å². The standard InChI is InChI=1S/C23H23Cl2F6N5O/c24-18-17(19(25)34-21(33-18)36-7-3-16(4-8-36)35-5-1-2-6-35)20(37)32-12-13-9-14(22(26,27)28)11-15(10-13)23(29,30)31/h9-11,16H,1-8,12H2,(H,32,37). The normalized spacial score (nSPS) is 17.9. The largest absolute Gasteiger partial charge is 0.416 e. The zero-order valence-electron chi connectivity index (χ0n) is 19.4. The molecule has 1 aromatic heterocycles. The number of halogens is 8. The van der Waals surface area contributed by atoms with Gasteiger partial charge in [0.1, 0.15) is 15.9 Å². The second kappa shape index (κ2) is 10.8. The van der Waals surface area contributed by atoms with Gasteiger partial charge in [0, 0.05) is 25.7 Å². The van der Waals surface area contributed by atoms with Gasteiger partial charge in [-0.25, -0.2) is 9.97 Å². The van der Waals surface area contributed by atoms with Crippen molar-refractivity contribution in [1.82, 2.24) is 20.2 Å². The van der Waals surface area contributed by atoms with Gasteiger partial charge in [-0.05, 0) is 62.5 Å². The van der Waals surface area contributed by atoms with E-state index in [0.29, 0.717) is 31.3 Å². The van der Waals surface area contributed by atoms with Crippen molar-refractivity contribution in [3.63, 3.8) is 0 Å². The van der Waals surface area contributed by atoms with Crippen LogP contribution in [0.15, 0.2) is 18.2 Å². The third-order valence-electron chi connectivity index (χ3n) is 6.54. The van der Waals surface area contributed by atoms with Crippen LogP contribution in [0.2, 0.25) is 10.3 Å². The third kappa shape index (κ3) is 6.58. The smallest absolute Gasteiger partial charge is 0.348 e. The number of amides is 1. The average Bonchev–Trinajstić information content (AvgIpc) is 3.36. The molecule has 1 amide bonds. The fourth-order valence-electron chi connectivity index (χ4n) is 4.66. The van der Waals surface area contributed by atoms with Crippen LogP contribution in [0, 0.1) is 0 Å². The van der Waals surface area contributed by atoms with Crippen molar-refractivity contribution in [2.75, 3.05) is 31.1 Å². The molecule has 37 heavy (non-hydrogen) atoms. The molecule has 0 spiro atoms. The van der Waals surface area contributed by atoms with Gasteiger partial charge in [0.05, 0.1) is 11.1 Å². The molecule has 2 aliphatic heterocycles. The molecule has 2 aromatic rings. The Morgan fingerprint density at radius 2 is 1.41 bits per heavy atom. The van der Waals surface area contributed by atoms with E-state index in [-0.39, 0.29) is 27.9 Å². The van der Waals surface area contributed by atoms with Gasteiger partial charge in [-0.1, -0.05) is 23.2 Å². The lowest BCUT2D eigenvalue weighted by atomic mass is 10.0. The number of likely N-dealkylation sites (tertiary alicyclic amines) is 1. The first kappa shape index (κ1) is 27.7. The predicted octanol–water partition coefficient (Wildman–Crippen LogP) is 5.82. The van der Waals surface area contributed by atoms with Gasteiger partial charge >= 0.3 is 12.4 Å². The van der Waals surface area contributed by atoms with Crippen LogP contribution < -0.4 is 10.2 Å². The van der Waals surface area contributed by atoms with Crippen LogP contribution in [0.25, 0.3) is 0 Å². The van der Waals surface area contributed by atoms with Crippen molar-refractivity contribution in [3.05, 3.63) is 50.8 Å². The molecule has 0 unspecified atom stereocenters. The summed E-state index contributed by atoms with van der Waals surface area (Å²) < 4.78 is 78.5. The number of anilines is 1. The fourth-order valence-corrected chi connectivity index (χ4v) is 5.21. The summed E-state index contributed by atoms with van der Waals surface area (Å²) in [4.78, 5) is 25.4. The van der Waals surface area contributed by atoms with Crippen LogP contribution in [0.3, 0.4) is 0 Å². The van der Waals surface area contributed by atoms with Crippen LogP contribution in [-0.2, 0) is 18.9 Å². The lowest BCUT2D eigenvalue weighted by molar-refractivity contribution is -0.143. The highest BCUT2D eigenvalue weighted by molar-refractivity contribution is 6.38. The lowest BCUT2D eigenvalue weighted by Crippen LogP contribution is -2.44. The van der Waals surface area contributed by atoms with Crippen LogP contribution in [0.5, 0.6) is 0 Å². The SMILES string of the molecule is O=C(NCc1cc(C(F)(F)F)cc(C(F)(F)F)c1)c1c(Cl)nc(N2CCC(N3CCCC3)CC2)nc1Cl. The zero-order chi connectivity index (χ0) is 27.0. The zero-order valence-corrected chi connectivity index (χ0v) is 20.9. The summed E-state index contributed by atoms with van der Waals surface area (Å²) in [5, 5.41) is 1.71. The number of nitrogens with one attached hydrogen (secondary N) is 1. The number of aromatic nitrogens is 2. The van der Waals surface area contributed by atoms with Gasteiger partial charge in [-0.15, -0.1) is 0 Å². The molecule has 1 aromatic carbocycles. The highest BCUT2D eigenvalue weighted by Crippen LogP contribution is 2.36. The van der Waals surface area contributed by atoms with Crippen molar-refractivity contribution in [2.24, 2.45) is 0 Å². The van der Waals surface area contributed by atoms with E-state index < -0.39 is 41.5 Å². The van der Waals surface area contributed by atoms with Gasteiger partial charge in [-0.3, -0.25) is 4.79 Å². The van der Waals surface area contributed by atoms with Crippen molar-refractivity contribution >= 4 is 35.1 Å². The maximum atomic E-state index is 13.1. The number of hydrogen-bond acceptors (Lipinski definition) is 5. The molecule has 202 valence electrons. The van der Waals surface area contributed by atoms with Crippen LogP contribution >= 0.6 is 23.2 Å². The van der Waals surface area contributed by atoms with E-state index in [4.69, 9.17) is 23.2 Å². The monoisotopic (exact) mass is 569 g/mol. The Kier molecular flexibility index (Phi) is 8.10. The van der Waals surface area contributed by atoms with Gasteiger partial charge in [-0.2, -0.15) is 26.3 Å². The lowest BCUT2D eigenvalue weighted by Gasteiger charge is -2.36. The summed E-state index contributed by atoms with van der Waals surface area (Å²) in [6.45, 7) is 2.92. The molecule has 14 heteroatoms. The minimum Gasteiger partial charge on any atom is -0.348 e. The Morgan fingerprint density at radius 1 is 0.892 bits per heavy atom. The van der Waals surface area contributed by atoms with Crippen LogP contribution in [-0.4, -0.2) is 53.0 Å². The first-order chi connectivity index (χ1) is 17.3. The molecule has 3 heterocycles. The topological polar surface area (TPSA) is 61.4 Å². The summed E-state index contributed by atoms with van der Waals surface area (Å²) in [6.07, 6.45) is -5.77. The summed E-state index contributed by atoms with van der Waals surface area (Å²) >= 11 is 12.4. The van der Waals surface area contributed by atoms with Crippen molar-refractivity contribution in [2.45, 2.75) is 50.6 Å². The Hall–Kier alpha value is -2.31. The molecule has 2 saturated heterocycles. The van der Waals surface area contributed by atoms with E-state index in [1.807, 2.05) is 4.90 Å². The highest BCUT2D eigenvalue weighted by Gasteiger charge is 2.37. The molecule has 2 fully saturated rings. The quantitative estimate of drug-likeness (QED) is 0.363. The molecule has 6 nitrogen and oxygen atoms in total. The van der Waals surface area contributed by atoms with Gasteiger partial charge in [0.25, 0.3) is 5.91 Å². The van der Waals surface area contributed by atoms with Crippen LogP contribution in [0.1, 0.15) is 52.7 Å². The summed E-state index contributed by atoms with van der Waals surface area (Å²) in [5.41, 5.74) is -3.68. The minimum atomic E-state index is -5.00. The Bertz CT molecular complexity index is 1090. The predicted molar refractivity (Wildman–Crippen MR) is 126 cm³/mol. The molecule has 0 atom stereocenters. The van der Waals surface area contributed by atoms with Gasteiger partial charge in [0.15, 0.2) is 0 Å². The van der Waals surface area contributed by atoms with Crippen molar-refractivity contribution < 1.29 is 31.1 Å². The Balaban J connectivity index is 1.45. The van der Waals surface area contributed by atoms with E-state index in [2.05, 4.69) is 20.2 Å². The maximum Gasteiger partial charge on any atom is 0.416 e. The number of benzene rings is 1. The van der Waals surface area contributed by atoms with Crippen molar-refractivity contribution in [1.29, 1.82) is 0 Å². The maximum absolute atomic E-state index is 13.1. The second-order valence-corrected chi connectivity index (χ2v) is 9.75. The van der Waals surface area contributed by atoms with Gasteiger partial charge < -0.3 is 15.1 Å². The molecular formula is C23H23Cl2F6N5O. The molecule has 0 radical (unpaired) electrons. The molecule has 1 N–H and O–H groups in total. The van der Waals surface area contributed by atoms with Crippen LogP contribution in [0.4, 0.5) is 32.3 Å². The number of piperidine rings is 1. The molecule has 0 aliphatic carbocycles. The average molecular weight is 570 g/mol. The first-order valence-electron chi connectivity index (χ1n) is 11.6. The number of hydrogen-bond donors (Lipinski definition) is 1. The Morgan fingerprint density at radius 3 is 1.89 bits per heavy atom. The van der Waals surface area contributed by atoms with E-state index >= 15 is 0 Å². The van der Waals surface area contributed by atoms with E-state index in [1.165, 1.54) is 12.8 Å². The number of rotatable bonds is 5. The summed E-state index contributed by atoms with van der Waals surface area (Å²) in [5.74, 6) is -0.681. The molecule has 0 bridgehead atoms. The minimum absolute atomic E-state index is 0.0135. The number of carbonyl (C=O) groups is 1. The first-order valence-corrected chi connectivity index (χ1v) is 12.4. The van der Waals surface area contributed by atoms with E-state index in [0.717, 1.165) is 25.9 Å².